The Morgan fingerprint density at radius 2 is 1.78 bits per heavy atom. The minimum atomic E-state index is -0.208. The van der Waals surface area contributed by atoms with Crippen LogP contribution in [0.15, 0.2) is 77.6 Å². The van der Waals surface area contributed by atoms with E-state index < -0.39 is 0 Å². The summed E-state index contributed by atoms with van der Waals surface area (Å²) in [5.74, 6) is 2.54. The highest BCUT2D eigenvalue weighted by atomic mass is 32.1. The first kappa shape index (κ1) is 23.6. The monoisotopic (exact) mass is 499 g/mol. The van der Waals surface area contributed by atoms with E-state index in [2.05, 4.69) is 17.0 Å². The molecule has 0 bridgehead atoms. The number of methoxy groups -OCH3 is 1. The zero-order valence-corrected chi connectivity index (χ0v) is 20.8. The van der Waals surface area contributed by atoms with Crippen LogP contribution in [0, 0.1) is 0 Å². The average Bonchev–Trinajstić information content (AvgIpc) is 3.46. The third kappa shape index (κ3) is 5.08. The van der Waals surface area contributed by atoms with E-state index in [0.29, 0.717) is 40.0 Å². The number of thiazole rings is 1. The molecule has 0 aliphatic carbocycles. The Hall–Kier alpha value is -4.17. The summed E-state index contributed by atoms with van der Waals surface area (Å²) in [6.45, 7) is 3.18. The number of nitrogens with zero attached hydrogens (tertiary/aromatic N) is 3. The molecule has 36 heavy (non-hydrogen) atoms. The zero-order chi connectivity index (χ0) is 24.9. The molecule has 0 amide bonds. The van der Waals surface area contributed by atoms with Crippen LogP contribution < -0.4 is 24.3 Å². The summed E-state index contributed by atoms with van der Waals surface area (Å²) >= 11 is 1.30. The molecule has 8 heteroatoms. The Morgan fingerprint density at radius 3 is 2.50 bits per heavy atom. The maximum absolute atomic E-state index is 13.0. The van der Waals surface area contributed by atoms with Gasteiger partial charge in [0.25, 0.3) is 5.56 Å². The average molecular weight is 500 g/mol. The van der Waals surface area contributed by atoms with Crippen LogP contribution >= 0.6 is 11.3 Å². The summed E-state index contributed by atoms with van der Waals surface area (Å²) < 4.78 is 19.0. The molecule has 0 saturated carbocycles. The quantitative estimate of drug-likeness (QED) is 0.292. The second-order valence-corrected chi connectivity index (χ2v) is 9.11. The van der Waals surface area contributed by atoms with Gasteiger partial charge in [-0.25, -0.2) is 0 Å². The van der Waals surface area contributed by atoms with Gasteiger partial charge in [0.2, 0.25) is 4.96 Å². The van der Waals surface area contributed by atoms with Crippen molar-refractivity contribution >= 4 is 22.4 Å². The number of aromatic nitrogens is 3. The fraction of sp³-hybridized carbons (Fsp3) is 0.179. The van der Waals surface area contributed by atoms with E-state index in [-0.39, 0.29) is 5.56 Å². The Morgan fingerprint density at radius 1 is 0.972 bits per heavy atom. The number of fused-ring (bicyclic) bond motifs is 1. The standard InChI is InChI=1S/C28H25N3O4S/c1-3-15-34-22-12-10-21(11-13-22)26-29-28-31(30-26)27(32)25(36-28)17-20-9-14-23(24(16-20)33-2)35-18-19-7-5-4-6-8-19/h4-14,16-17H,3,15,18H2,1-2H3. The van der Waals surface area contributed by atoms with Crippen LogP contribution in [0.25, 0.3) is 22.4 Å². The van der Waals surface area contributed by atoms with E-state index in [1.807, 2.05) is 78.9 Å². The lowest BCUT2D eigenvalue weighted by atomic mass is 10.2. The van der Waals surface area contributed by atoms with E-state index in [4.69, 9.17) is 14.2 Å². The Balaban J connectivity index is 1.37. The van der Waals surface area contributed by atoms with Gasteiger partial charge in [0.1, 0.15) is 12.4 Å². The maximum atomic E-state index is 13.0. The lowest BCUT2D eigenvalue weighted by Gasteiger charge is -2.11. The first-order chi connectivity index (χ1) is 17.6. The van der Waals surface area contributed by atoms with E-state index in [1.54, 1.807) is 7.11 Å². The first-order valence-electron chi connectivity index (χ1n) is 11.6. The molecule has 182 valence electrons. The van der Waals surface area contributed by atoms with Crippen molar-refractivity contribution in [3.8, 4) is 28.6 Å². The van der Waals surface area contributed by atoms with Crippen LogP contribution in [0.4, 0.5) is 0 Å². The van der Waals surface area contributed by atoms with Crippen molar-refractivity contribution in [2.24, 2.45) is 0 Å². The predicted molar refractivity (Wildman–Crippen MR) is 141 cm³/mol. The molecular weight excluding hydrogens is 474 g/mol. The summed E-state index contributed by atoms with van der Waals surface area (Å²) in [7, 11) is 1.60. The van der Waals surface area contributed by atoms with E-state index in [9.17, 15) is 4.79 Å². The molecular formula is C28H25N3O4S. The van der Waals surface area contributed by atoms with Gasteiger partial charge >= 0.3 is 0 Å². The van der Waals surface area contributed by atoms with Gasteiger partial charge in [0.15, 0.2) is 17.3 Å². The molecule has 0 N–H and O–H groups in total. The lowest BCUT2D eigenvalue weighted by molar-refractivity contribution is 0.284. The van der Waals surface area contributed by atoms with Gasteiger partial charge in [0.05, 0.1) is 18.2 Å². The highest BCUT2D eigenvalue weighted by Gasteiger charge is 2.13. The van der Waals surface area contributed by atoms with Crippen LogP contribution in [-0.2, 0) is 6.61 Å². The minimum absolute atomic E-state index is 0.208. The molecule has 7 nitrogen and oxygen atoms in total. The van der Waals surface area contributed by atoms with Gasteiger partial charge in [-0.3, -0.25) is 4.79 Å². The molecule has 3 aromatic carbocycles. The molecule has 0 spiro atoms. The van der Waals surface area contributed by atoms with Gasteiger partial charge < -0.3 is 14.2 Å². The molecule has 5 aromatic rings. The molecule has 2 heterocycles. The minimum Gasteiger partial charge on any atom is -0.494 e. The van der Waals surface area contributed by atoms with Crippen LogP contribution in [0.3, 0.4) is 0 Å². The van der Waals surface area contributed by atoms with Gasteiger partial charge in [-0.05, 0) is 60.0 Å². The second kappa shape index (κ2) is 10.6. The Kier molecular flexibility index (Phi) is 6.95. The van der Waals surface area contributed by atoms with Crippen molar-refractivity contribution in [3.63, 3.8) is 0 Å². The number of benzene rings is 3. The molecule has 0 saturated heterocycles. The van der Waals surface area contributed by atoms with E-state index >= 15 is 0 Å². The molecule has 0 aliphatic heterocycles. The molecule has 0 fully saturated rings. The highest BCUT2D eigenvalue weighted by Crippen LogP contribution is 2.29. The SMILES string of the molecule is CCCOc1ccc(-c2nc3sc(=Cc4ccc(OCc5ccccc5)c(OC)c4)c(=O)n3n2)cc1. The Bertz CT molecular complexity index is 1580. The van der Waals surface area contributed by atoms with Gasteiger partial charge in [-0.2, -0.15) is 9.50 Å². The fourth-order valence-corrected chi connectivity index (χ4v) is 4.56. The zero-order valence-electron chi connectivity index (χ0n) is 20.0. The maximum Gasteiger partial charge on any atom is 0.291 e. The molecule has 0 atom stereocenters. The third-order valence-corrected chi connectivity index (χ3v) is 6.45. The van der Waals surface area contributed by atoms with Gasteiger partial charge in [0, 0.05) is 5.56 Å². The highest BCUT2D eigenvalue weighted by molar-refractivity contribution is 7.15. The van der Waals surface area contributed by atoms with Gasteiger partial charge in [-0.1, -0.05) is 54.7 Å². The van der Waals surface area contributed by atoms with Crippen LogP contribution in [-0.4, -0.2) is 28.3 Å². The molecule has 2 aromatic heterocycles. The molecule has 0 aliphatic rings. The fourth-order valence-electron chi connectivity index (χ4n) is 3.66. The number of hydrogen-bond acceptors (Lipinski definition) is 7. The summed E-state index contributed by atoms with van der Waals surface area (Å²) in [5, 5.41) is 4.44. The summed E-state index contributed by atoms with van der Waals surface area (Å²) in [6, 6.07) is 23.1. The molecule has 5 rings (SSSR count). The van der Waals surface area contributed by atoms with Crippen molar-refractivity contribution in [1.29, 1.82) is 0 Å². The first-order valence-corrected chi connectivity index (χ1v) is 12.5. The summed E-state index contributed by atoms with van der Waals surface area (Å²) in [6.07, 6.45) is 2.76. The van der Waals surface area contributed by atoms with Crippen molar-refractivity contribution in [3.05, 3.63) is 98.8 Å². The van der Waals surface area contributed by atoms with Crippen molar-refractivity contribution in [2.75, 3.05) is 13.7 Å². The summed E-state index contributed by atoms with van der Waals surface area (Å²) in [5.41, 5.74) is 2.51. The number of ether oxygens (including phenoxy) is 3. The smallest absolute Gasteiger partial charge is 0.291 e. The Labute approximate surface area is 212 Å². The molecule has 0 unspecified atom stereocenters. The lowest BCUT2D eigenvalue weighted by Crippen LogP contribution is -2.23. The second-order valence-electron chi connectivity index (χ2n) is 8.10. The predicted octanol–water partition coefficient (Wildman–Crippen LogP) is 4.74. The third-order valence-electron chi connectivity index (χ3n) is 5.49. The molecule has 0 radical (unpaired) electrons. The van der Waals surface area contributed by atoms with Crippen LogP contribution in [0.1, 0.15) is 24.5 Å². The number of rotatable bonds is 9. The van der Waals surface area contributed by atoms with Crippen LogP contribution in [0.5, 0.6) is 17.2 Å². The van der Waals surface area contributed by atoms with Crippen molar-refractivity contribution < 1.29 is 14.2 Å². The van der Waals surface area contributed by atoms with E-state index in [0.717, 1.165) is 28.9 Å². The van der Waals surface area contributed by atoms with E-state index in [1.165, 1.54) is 15.9 Å². The van der Waals surface area contributed by atoms with Crippen molar-refractivity contribution in [2.45, 2.75) is 20.0 Å². The summed E-state index contributed by atoms with van der Waals surface area (Å²) in [4.78, 5) is 18.1. The van der Waals surface area contributed by atoms with Crippen LogP contribution in [0.2, 0.25) is 0 Å². The largest absolute Gasteiger partial charge is 0.494 e. The number of hydrogen-bond donors (Lipinski definition) is 0. The van der Waals surface area contributed by atoms with Crippen molar-refractivity contribution in [1.82, 2.24) is 14.6 Å². The van der Waals surface area contributed by atoms with Gasteiger partial charge in [-0.15, -0.1) is 5.10 Å². The normalized spacial score (nSPS) is 11.7. The topological polar surface area (TPSA) is 75.0 Å².